The Balaban J connectivity index is 1.65. The predicted molar refractivity (Wildman–Crippen MR) is 118 cm³/mol. The molecule has 2 heterocycles. The van der Waals surface area contributed by atoms with Crippen LogP contribution in [0, 0.1) is 13.8 Å². The van der Waals surface area contributed by atoms with E-state index in [9.17, 15) is 8.42 Å². The maximum Gasteiger partial charge on any atom is 0.255 e. The van der Waals surface area contributed by atoms with E-state index in [1.165, 1.54) is 5.41 Å². The van der Waals surface area contributed by atoms with Crippen LogP contribution in [-0.2, 0) is 10.0 Å². The maximum atomic E-state index is 12.6. The largest absolute Gasteiger partial charge is 0.306 e. The number of pyridine rings is 1. The zero-order chi connectivity index (χ0) is 20.4. The fraction of sp³-hybridized carbons (Fsp3) is 0.0870. The number of rotatable bonds is 5. The van der Waals surface area contributed by atoms with Gasteiger partial charge in [0.25, 0.3) is 10.0 Å². The van der Waals surface area contributed by atoms with Gasteiger partial charge >= 0.3 is 0 Å². The summed E-state index contributed by atoms with van der Waals surface area (Å²) in [6, 6.07) is 18.9. The first-order valence-corrected chi connectivity index (χ1v) is 10.8. The number of nitrogens with zero attached hydrogens (tertiary/aromatic N) is 2. The van der Waals surface area contributed by atoms with Gasteiger partial charge in [-0.3, -0.25) is 4.72 Å². The van der Waals surface area contributed by atoms with Crippen molar-refractivity contribution < 1.29 is 8.42 Å². The standard InChI is InChI=1S/C23H21N3O2S/c1-17-9-11-19(12-10-17)13-15-29(27,28)25-21-8-4-3-7-20(21)22-16-26-14-5-6-18(2)23(26)24-22/h3-16,25H,1-2H3/b15-13+. The van der Waals surface area contributed by atoms with Crippen LogP contribution in [0.25, 0.3) is 23.0 Å². The summed E-state index contributed by atoms with van der Waals surface area (Å²) in [5, 5.41) is 1.18. The van der Waals surface area contributed by atoms with Crippen LogP contribution in [0.4, 0.5) is 5.69 Å². The monoisotopic (exact) mass is 403 g/mol. The number of para-hydroxylation sites is 1. The van der Waals surface area contributed by atoms with Gasteiger partial charge in [-0.05, 0) is 43.2 Å². The number of aryl methyl sites for hydroxylation is 2. The van der Waals surface area contributed by atoms with Crippen molar-refractivity contribution >= 4 is 27.4 Å². The smallest absolute Gasteiger partial charge is 0.255 e. The van der Waals surface area contributed by atoms with E-state index in [0.29, 0.717) is 11.4 Å². The van der Waals surface area contributed by atoms with Crippen LogP contribution in [-0.4, -0.2) is 17.8 Å². The molecule has 0 aliphatic rings. The summed E-state index contributed by atoms with van der Waals surface area (Å²) in [6.45, 7) is 3.99. The lowest BCUT2D eigenvalue weighted by atomic mass is 10.1. The topological polar surface area (TPSA) is 63.5 Å². The molecule has 4 rings (SSSR count). The maximum absolute atomic E-state index is 12.6. The molecule has 5 nitrogen and oxygen atoms in total. The molecule has 0 aliphatic heterocycles. The summed E-state index contributed by atoms with van der Waals surface area (Å²) >= 11 is 0. The molecular weight excluding hydrogens is 382 g/mol. The highest BCUT2D eigenvalue weighted by atomic mass is 32.2. The first-order chi connectivity index (χ1) is 13.9. The van der Waals surface area contributed by atoms with E-state index in [2.05, 4.69) is 9.71 Å². The van der Waals surface area contributed by atoms with Gasteiger partial charge in [0.05, 0.1) is 16.8 Å². The molecule has 0 radical (unpaired) electrons. The molecule has 0 unspecified atom stereocenters. The van der Waals surface area contributed by atoms with E-state index >= 15 is 0 Å². The molecule has 6 heteroatoms. The van der Waals surface area contributed by atoms with Gasteiger partial charge in [-0.25, -0.2) is 13.4 Å². The average molecular weight is 404 g/mol. The van der Waals surface area contributed by atoms with Crippen LogP contribution < -0.4 is 4.72 Å². The van der Waals surface area contributed by atoms with E-state index in [1.807, 2.05) is 79.2 Å². The van der Waals surface area contributed by atoms with Crippen LogP contribution in [0.1, 0.15) is 16.7 Å². The Morgan fingerprint density at radius 2 is 1.72 bits per heavy atom. The average Bonchev–Trinajstić information content (AvgIpc) is 3.13. The van der Waals surface area contributed by atoms with Gasteiger partial charge in [-0.15, -0.1) is 0 Å². The Labute approximate surface area is 170 Å². The molecule has 29 heavy (non-hydrogen) atoms. The Hall–Kier alpha value is -3.38. The van der Waals surface area contributed by atoms with Gasteiger partial charge in [0.1, 0.15) is 5.65 Å². The first kappa shape index (κ1) is 19.0. The normalized spacial score (nSPS) is 11.9. The number of sulfonamides is 1. The molecule has 0 saturated carbocycles. The van der Waals surface area contributed by atoms with Crippen molar-refractivity contribution in [2.45, 2.75) is 13.8 Å². The second kappa shape index (κ2) is 7.56. The van der Waals surface area contributed by atoms with Gasteiger partial charge in [0, 0.05) is 18.0 Å². The molecule has 0 spiro atoms. The van der Waals surface area contributed by atoms with E-state index in [4.69, 9.17) is 0 Å². The number of benzene rings is 2. The van der Waals surface area contributed by atoms with Crippen LogP contribution in [0.15, 0.2) is 78.5 Å². The Morgan fingerprint density at radius 1 is 0.966 bits per heavy atom. The number of anilines is 1. The minimum atomic E-state index is -3.68. The number of imidazole rings is 1. The molecule has 0 aliphatic carbocycles. The molecule has 4 aromatic rings. The number of hydrogen-bond acceptors (Lipinski definition) is 3. The summed E-state index contributed by atoms with van der Waals surface area (Å²) in [5.41, 5.74) is 5.77. The molecule has 146 valence electrons. The second-order valence-electron chi connectivity index (χ2n) is 6.95. The summed E-state index contributed by atoms with van der Waals surface area (Å²) in [6.07, 6.45) is 5.41. The molecule has 0 amide bonds. The summed E-state index contributed by atoms with van der Waals surface area (Å²) in [7, 11) is -3.68. The lowest BCUT2D eigenvalue weighted by molar-refractivity contribution is 0.609. The first-order valence-electron chi connectivity index (χ1n) is 9.23. The third-order valence-electron chi connectivity index (χ3n) is 4.65. The highest BCUT2D eigenvalue weighted by Gasteiger charge is 2.13. The zero-order valence-electron chi connectivity index (χ0n) is 16.2. The number of fused-ring (bicyclic) bond motifs is 1. The predicted octanol–water partition coefficient (Wildman–Crippen LogP) is 5.03. The highest BCUT2D eigenvalue weighted by Crippen LogP contribution is 2.29. The molecular formula is C23H21N3O2S. The molecule has 0 saturated heterocycles. The molecule has 2 aromatic heterocycles. The second-order valence-corrected chi connectivity index (χ2v) is 8.52. The van der Waals surface area contributed by atoms with Crippen molar-refractivity contribution in [2.24, 2.45) is 0 Å². The SMILES string of the molecule is Cc1ccc(/C=C/S(=O)(=O)Nc2ccccc2-c2cn3cccc(C)c3n2)cc1. The van der Waals surface area contributed by atoms with E-state index < -0.39 is 10.0 Å². The third-order valence-corrected chi connectivity index (χ3v) is 5.65. The van der Waals surface area contributed by atoms with Crippen LogP contribution >= 0.6 is 0 Å². The van der Waals surface area contributed by atoms with E-state index in [1.54, 1.807) is 18.2 Å². The molecule has 0 bridgehead atoms. The Morgan fingerprint density at radius 3 is 2.48 bits per heavy atom. The van der Waals surface area contributed by atoms with Crippen molar-refractivity contribution in [2.75, 3.05) is 4.72 Å². The number of aromatic nitrogens is 2. The molecule has 2 aromatic carbocycles. The van der Waals surface area contributed by atoms with Gasteiger partial charge in [0.15, 0.2) is 0 Å². The Bertz CT molecular complexity index is 1300. The van der Waals surface area contributed by atoms with Gasteiger partial charge in [-0.1, -0.05) is 54.1 Å². The fourth-order valence-corrected chi connectivity index (χ4v) is 4.00. The summed E-state index contributed by atoms with van der Waals surface area (Å²) in [5.74, 6) is 0. The number of nitrogens with one attached hydrogen (secondary N) is 1. The molecule has 1 N–H and O–H groups in total. The number of hydrogen-bond donors (Lipinski definition) is 1. The van der Waals surface area contributed by atoms with Gasteiger partial charge < -0.3 is 4.40 Å². The van der Waals surface area contributed by atoms with Crippen LogP contribution in [0.3, 0.4) is 0 Å². The van der Waals surface area contributed by atoms with E-state index in [0.717, 1.165) is 27.9 Å². The van der Waals surface area contributed by atoms with Crippen LogP contribution in [0.5, 0.6) is 0 Å². The minimum absolute atomic E-state index is 0.488. The molecule has 0 fully saturated rings. The third kappa shape index (κ3) is 4.22. The zero-order valence-corrected chi connectivity index (χ0v) is 17.0. The Kier molecular flexibility index (Phi) is 4.94. The lowest BCUT2D eigenvalue weighted by Crippen LogP contribution is -2.09. The van der Waals surface area contributed by atoms with Crippen molar-refractivity contribution in [3.05, 3.63) is 95.2 Å². The van der Waals surface area contributed by atoms with Crippen molar-refractivity contribution in [1.82, 2.24) is 9.38 Å². The van der Waals surface area contributed by atoms with Gasteiger partial charge in [0.2, 0.25) is 0 Å². The van der Waals surface area contributed by atoms with Crippen molar-refractivity contribution in [3.63, 3.8) is 0 Å². The highest BCUT2D eigenvalue weighted by molar-refractivity contribution is 7.95. The van der Waals surface area contributed by atoms with Crippen molar-refractivity contribution in [1.29, 1.82) is 0 Å². The summed E-state index contributed by atoms with van der Waals surface area (Å²) in [4.78, 5) is 4.69. The molecule has 0 atom stereocenters. The summed E-state index contributed by atoms with van der Waals surface area (Å²) < 4.78 is 29.9. The van der Waals surface area contributed by atoms with Gasteiger partial charge in [-0.2, -0.15) is 0 Å². The van der Waals surface area contributed by atoms with E-state index in [-0.39, 0.29) is 0 Å². The van der Waals surface area contributed by atoms with Crippen molar-refractivity contribution in [3.8, 4) is 11.3 Å². The fourth-order valence-electron chi connectivity index (χ4n) is 3.11. The quantitative estimate of drug-likeness (QED) is 0.508. The lowest BCUT2D eigenvalue weighted by Gasteiger charge is -2.09. The van der Waals surface area contributed by atoms with Crippen LogP contribution in [0.2, 0.25) is 0 Å². The minimum Gasteiger partial charge on any atom is -0.306 e.